The topological polar surface area (TPSA) is 72.6 Å². The minimum absolute atomic E-state index is 0. The zero-order valence-electron chi connectivity index (χ0n) is 19.4. The van der Waals surface area contributed by atoms with Crippen LogP contribution >= 0.6 is 0 Å². The summed E-state index contributed by atoms with van der Waals surface area (Å²) in [5, 5.41) is 0. The van der Waals surface area contributed by atoms with Crippen LogP contribution in [0.2, 0.25) is 0 Å². The van der Waals surface area contributed by atoms with E-state index in [1.807, 2.05) is 30.3 Å². The summed E-state index contributed by atoms with van der Waals surface area (Å²) in [4.78, 5) is 25.1. The molecule has 6 heteroatoms. The first-order chi connectivity index (χ1) is 12.7. The molecule has 1 fully saturated rings. The molecule has 1 atom stereocenters. The van der Waals surface area contributed by atoms with Gasteiger partial charge in [0.05, 0.1) is 6.54 Å². The molecular weight excluding hydrogens is 403 g/mol. The van der Waals surface area contributed by atoms with Gasteiger partial charge >= 0.3 is 5.97 Å². The van der Waals surface area contributed by atoms with Crippen LogP contribution in [0.25, 0.3) is 0 Å². The third-order valence-electron chi connectivity index (χ3n) is 3.24. The third kappa shape index (κ3) is 16.2. The zero-order chi connectivity index (χ0) is 20.8. The van der Waals surface area contributed by atoms with E-state index in [0.29, 0.717) is 13.0 Å². The van der Waals surface area contributed by atoms with E-state index in [0.717, 1.165) is 23.8 Å². The Morgan fingerprint density at radius 2 is 1.55 bits per heavy atom. The maximum Gasteiger partial charge on any atom is 0.329 e. The molecule has 1 unspecified atom stereocenters. The van der Waals surface area contributed by atoms with Gasteiger partial charge in [0.1, 0.15) is 12.6 Å². The van der Waals surface area contributed by atoms with E-state index in [9.17, 15) is 9.59 Å². The molecule has 1 aromatic rings. The van der Waals surface area contributed by atoms with Crippen LogP contribution in [0.1, 0.15) is 59.9 Å². The van der Waals surface area contributed by atoms with Crippen molar-refractivity contribution >= 4 is 11.9 Å². The summed E-state index contributed by atoms with van der Waals surface area (Å²) in [6.07, 6.45) is 1.47. The van der Waals surface area contributed by atoms with Crippen LogP contribution in [0.5, 0.6) is 0 Å². The number of esters is 1. The van der Waals surface area contributed by atoms with Crippen LogP contribution in [-0.4, -0.2) is 35.9 Å². The molecule has 1 amide bonds. The van der Waals surface area contributed by atoms with Crippen molar-refractivity contribution in [2.75, 3.05) is 13.1 Å². The normalized spacial score (nSPS) is 14.5. The van der Waals surface area contributed by atoms with Gasteiger partial charge in [-0.2, -0.15) is 0 Å². The summed E-state index contributed by atoms with van der Waals surface area (Å²) in [6.45, 7) is 13.8. The van der Waals surface area contributed by atoms with E-state index in [2.05, 4.69) is 41.5 Å². The van der Waals surface area contributed by atoms with Gasteiger partial charge in [-0.1, -0.05) is 71.9 Å². The first-order valence-corrected chi connectivity index (χ1v) is 9.89. The number of carbonyl (C=O) groups excluding carboxylic acids is 2. The molecule has 1 aliphatic rings. The van der Waals surface area contributed by atoms with Crippen LogP contribution < -0.4 is 5.73 Å². The van der Waals surface area contributed by atoms with E-state index in [-0.39, 0.29) is 51.0 Å². The molecule has 0 bridgehead atoms. The van der Waals surface area contributed by atoms with Crippen LogP contribution in [0.3, 0.4) is 0 Å². The van der Waals surface area contributed by atoms with Gasteiger partial charge in [0.15, 0.2) is 0 Å². The average molecular weight is 445 g/mol. The molecule has 29 heavy (non-hydrogen) atoms. The summed E-state index contributed by atoms with van der Waals surface area (Å²) in [7, 11) is 0. The van der Waals surface area contributed by atoms with Gasteiger partial charge in [0, 0.05) is 25.1 Å². The number of benzene rings is 1. The number of amides is 1. The van der Waals surface area contributed by atoms with Gasteiger partial charge in [-0.05, 0) is 30.2 Å². The molecule has 1 aromatic carbocycles. The van der Waals surface area contributed by atoms with Crippen LogP contribution in [0, 0.1) is 19.3 Å². The first-order valence-electron chi connectivity index (χ1n) is 9.89. The zero-order valence-corrected chi connectivity index (χ0v) is 20.7. The van der Waals surface area contributed by atoms with Crippen molar-refractivity contribution in [3.05, 3.63) is 43.3 Å². The van der Waals surface area contributed by atoms with Gasteiger partial charge in [0.2, 0.25) is 5.91 Å². The number of carbonyl (C=O) groups is 2. The molecule has 2 rings (SSSR count). The van der Waals surface area contributed by atoms with E-state index >= 15 is 0 Å². The summed E-state index contributed by atoms with van der Waals surface area (Å²) < 4.78 is 5.26. The van der Waals surface area contributed by atoms with Crippen LogP contribution in [0.4, 0.5) is 0 Å². The summed E-state index contributed by atoms with van der Waals surface area (Å²) in [5.74, 6) is 1.13. The third-order valence-corrected chi connectivity index (χ3v) is 3.24. The summed E-state index contributed by atoms with van der Waals surface area (Å²) in [6, 6.07) is 9.01. The predicted molar refractivity (Wildman–Crippen MR) is 117 cm³/mol. The van der Waals surface area contributed by atoms with Crippen molar-refractivity contribution < 1.29 is 32.9 Å². The molecule has 0 saturated carbocycles. The van der Waals surface area contributed by atoms with E-state index in [4.69, 9.17) is 10.5 Å². The Labute approximate surface area is 190 Å². The predicted octanol–water partition coefficient (Wildman–Crippen LogP) is 4.45. The molecule has 1 saturated heterocycles. The Kier molecular flexibility index (Phi) is 20.9. The van der Waals surface area contributed by atoms with Crippen molar-refractivity contribution in [1.29, 1.82) is 0 Å². The van der Waals surface area contributed by atoms with Gasteiger partial charge in [-0.3, -0.25) is 4.79 Å². The smallest absolute Gasteiger partial charge is 0.329 e. The standard InChI is InChI=1S/C14H18N2O3.2C4H10.CH3.V/c15-9-13(17)16-8-4-7-12(16)14(18)19-10-11-5-2-1-3-6-11;2*1-4(2)3;;/h1-3,5-6,12H,4,7-10,15H2;2*4H,1-3H3;1H3;/q;;;-1;. The van der Waals surface area contributed by atoms with Crippen LogP contribution in [0.15, 0.2) is 30.3 Å². The van der Waals surface area contributed by atoms with Crippen molar-refractivity contribution in [1.82, 2.24) is 4.90 Å². The minimum Gasteiger partial charge on any atom is -0.459 e. The molecule has 5 nitrogen and oxygen atoms in total. The van der Waals surface area contributed by atoms with E-state index < -0.39 is 6.04 Å². The van der Waals surface area contributed by atoms with Crippen molar-refractivity contribution in [2.24, 2.45) is 17.6 Å². The largest absolute Gasteiger partial charge is 0.459 e. The Balaban J connectivity index is -0.000000582. The molecule has 1 heterocycles. The quantitative estimate of drug-likeness (QED) is 0.550. The maximum atomic E-state index is 12.0. The number of nitrogens with two attached hydrogens (primary N) is 1. The van der Waals surface area contributed by atoms with Gasteiger partial charge in [0.25, 0.3) is 0 Å². The summed E-state index contributed by atoms with van der Waals surface area (Å²) >= 11 is 0. The number of hydrogen-bond acceptors (Lipinski definition) is 4. The summed E-state index contributed by atoms with van der Waals surface area (Å²) in [5.41, 5.74) is 6.27. The minimum atomic E-state index is -0.472. The molecular formula is C23H41N2O3V-. The van der Waals surface area contributed by atoms with Gasteiger partial charge in [-0.15, -0.1) is 0 Å². The number of rotatable bonds is 4. The Hall–Kier alpha value is -1.30. The Bertz CT molecular complexity index is 525. The molecule has 0 aliphatic carbocycles. The molecule has 167 valence electrons. The second kappa shape index (κ2) is 18.7. The van der Waals surface area contributed by atoms with Gasteiger partial charge < -0.3 is 22.8 Å². The van der Waals surface area contributed by atoms with E-state index in [1.165, 1.54) is 4.90 Å². The average Bonchev–Trinajstić information content (AvgIpc) is 3.09. The number of hydrogen-bond donors (Lipinski definition) is 1. The molecule has 1 aliphatic heterocycles. The van der Waals surface area contributed by atoms with Crippen molar-refractivity contribution in [3.63, 3.8) is 0 Å². The SMILES string of the molecule is CC(C)C.CC(C)C.NCC(=O)N1CCCC1C(=O)OCc1ccccc1.[CH3-].[V]. The first kappa shape index (κ1) is 32.4. The molecule has 0 aromatic heterocycles. The fourth-order valence-corrected chi connectivity index (χ4v) is 2.25. The van der Waals surface area contributed by atoms with Crippen molar-refractivity contribution in [3.8, 4) is 0 Å². The molecule has 1 radical (unpaired) electrons. The Morgan fingerprint density at radius 3 is 2.00 bits per heavy atom. The number of nitrogens with zero attached hydrogens (tertiary/aromatic N) is 1. The second-order valence-electron chi connectivity index (χ2n) is 8.01. The maximum absolute atomic E-state index is 12.0. The van der Waals surface area contributed by atoms with E-state index in [1.54, 1.807) is 0 Å². The second-order valence-corrected chi connectivity index (χ2v) is 8.01. The van der Waals surface area contributed by atoms with Crippen LogP contribution in [-0.2, 0) is 39.5 Å². The number of likely N-dealkylation sites (tertiary alicyclic amines) is 1. The fourth-order valence-electron chi connectivity index (χ4n) is 2.25. The fraction of sp³-hybridized carbons (Fsp3) is 0.609. The number of ether oxygens (including phenoxy) is 1. The molecule has 0 spiro atoms. The molecule has 2 N–H and O–H groups in total. The monoisotopic (exact) mass is 444 g/mol. The van der Waals surface area contributed by atoms with Crippen molar-refractivity contribution in [2.45, 2.75) is 67.0 Å². The Morgan fingerprint density at radius 1 is 1.07 bits per heavy atom. The van der Waals surface area contributed by atoms with Gasteiger partial charge in [-0.25, -0.2) is 4.79 Å².